The molecule has 2 N–H and O–H groups in total. The van der Waals surface area contributed by atoms with Crippen molar-refractivity contribution in [1.29, 1.82) is 0 Å². The van der Waals surface area contributed by atoms with Crippen molar-refractivity contribution in [2.45, 2.75) is 54.4 Å². The van der Waals surface area contributed by atoms with Crippen LogP contribution in [0.1, 0.15) is 63.4 Å². The molecule has 4 aromatic rings. The highest BCUT2D eigenvalue weighted by atomic mass is 19.1. The van der Waals surface area contributed by atoms with Gasteiger partial charge in [0.15, 0.2) is 5.65 Å². The third-order valence-electron chi connectivity index (χ3n) is 7.14. The molecule has 0 bridgehead atoms. The van der Waals surface area contributed by atoms with Gasteiger partial charge < -0.3 is 15.5 Å². The fraction of sp³-hybridized carbons (Fsp3) is 0.394. The molecule has 0 spiro atoms. The fourth-order valence-electron chi connectivity index (χ4n) is 4.76. The molecule has 4 rings (SSSR count). The number of para-hydroxylation sites is 1. The molecule has 236 valence electrons. The van der Waals surface area contributed by atoms with E-state index in [9.17, 15) is 18.4 Å². The second kappa shape index (κ2) is 16.0. The van der Waals surface area contributed by atoms with Crippen molar-refractivity contribution in [3.63, 3.8) is 0 Å². The molecule has 0 radical (unpaired) electrons. The maximum absolute atomic E-state index is 15.2. The summed E-state index contributed by atoms with van der Waals surface area (Å²) in [7, 11) is 0. The van der Waals surface area contributed by atoms with E-state index in [-0.39, 0.29) is 39.4 Å². The van der Waals surface area contributed by atoms with Crippen LogP contribution >= 0.6 is 0 Å². The van der Waals surface area contributed by atoms with Crippen LogP contribution < -0.4 is 16.2 Å². The number of anilines is 1. The Balaban J connectivity index is 0.00000259. The first-order valence-corrected chi connectivity index (χ1v) is 15.1. The van der Waals surface area contributed by atoms with Gasteiger partial charge in [-0.3, -0.25) is 14.2 Å². The monoisotopic (exact) mass is 610 g/mol. The lowest BCUT2D eigenvalue weighted by Gasteiger charge is -2.18. The topological polar surface area (TPSA) is 92.2 Å². The lowest BCUT2D eigenvalue weighted by Crippen LogP contribution is -2.26. The quantitative estimate of drug-likeness (QED) is 0.178. The molecular weight excluding hydrogens is 569 g/mol. The van der Waals surface area contributed by atoms with E-state index in [4.69, 9.17) is 0 Å². The van der Waals surface area contributed by atoms with Crippen LogP contribution in [0, 0.1) is 24.4 Å². The molecule has 2 aromatic heterocycles. The Bertz CT molecular complexity index is 1630. The van der Waals surface area contributed by atoms with Crippen molar-refractivity contribution >= 4 is 22.9 Å². The zero-order valence-corrected chi connectivity index (χ0v) is 26.2. The number of amides is 1. The molecule has 0 saturated heterocycles. The number of rotatable bonds is 12. The van der Waals surface area contributed by atoms with Gasteiger partial charge in [-0.2, -0.15) is 4.98 Å². The SMILES string of the molecule is CC.CCCNC(=O)c1cc(F)c(C)c(-c2nc(NCCCN(CC)CC)nc3c2ccc(=O)n3-c2c(F)cccc2F)c1. The average Bonchev–Trinajstić information content (AvgIpc) is 3.02. The van der Waals surface area contributed by atoms with E-state index in [0.29, 0.717) is 19.5 Å². The van der Waals surface area contributed by atoms with Crippen LogP contribution in [0.5, 0.6) is 0 Å². The van der Waals surface area contributed by atoms with E-state index in [1.165, 1.54) is 18.2 Å². The van der Waals surface area contributed by atoms with Crippen LogP contribution in [-0.4, -0.2) is 58.1 Å². The Hall–Kier alpha value is -4.25. The van der Waals surface area contributed by atoms with Crippen molar-refractivity contribution in [2.75, 3.05) is 38.0 Å². The third-order valence-corrected chi connectivity index (χ3v) is 7.14. The first-order valence-electron chi connectivity index (χ1n) is 15.1. The summed E-state index contributed by atoms with van der Waals surface area (Å²) in [5.74, 6) is -2.88. The van der Waals surface area contributed by atoms with Gasteiger partial charge in [0, 0.05) is 35.7 Å². The maximum atomic E-state index is 15.2. The van der Waals surface area contributed by atoms with Crippen LogP contribution in [0.2, 0.25) is 0 Å². The van der Waals surface area contributed by atoms with Gasteiger partial charge in [-0.05, 0) is 75.3 Å². The highest BCUT2D eigenvalue weighted by Gasteiger charge is 2.22. The number of aromatic nitrogens is 3. The van der Waals surface area contributed by atoms with Gasteiger partial charge in [0.05, 0.1) is 5.69 Å². The van der Waals surface area contributed by atoms with E-state index < -0.39 is 34.6 Å². The summed E-state index contributed by atoms with van der Waals surface area (Å²) in [6, 6.07) is 8.58. The number of hydrogen-bond acceptors (Lipinski definition) is 6. The molecular formula is C33H41F3N6O2. The second-order valence-corrected chi connectivity index (χ2v) is 9.90. The van der Waals surface area contributed by atoms with Gasteiger partial charge >= 0.3 is 0 Å². The Morgan fingerprint density at radius 2 is 1.61 bits per heavy atom. The highest BCUT2D eigenvalue weighted by molar-refractivity contribution is 5.98. The van der Waals surface area contributed by atoms with Crippen molar-refractivity contribution in [3.8, 4) is 16.9 Å². The standard InChI is InChI=1S/C31H35F3N6O2.C2H6/c1-5-14-35-30(42)20-17-22(19(4)25(34)18-20)27-21-12-13-26(41)40(28-23(32)10-8-11-24(28)33)29(21)38-31(37-27)36-15-9-16-39(6-2)7-3;1-2/h8,10-13,17-18H,5-7,9,14-16H2,1-4H3,(H,35,42)(H,36,37,38);1-2H3. The molecule has 0 unspecified atom stereocenters. The first-order chi connectivity index (χ1) is 21.2. The number of fused-ring (bicyclic) bond motifs is 1. The zero-order valence-electron chi connectivity index (χ0n) is 26.2. The van der Waals surface area contributed by atoms with E-state index in [2.05, 4.69) is 39.3 Å². The van der Waals surface area contributed by atoms with Crippen LogP contribution in [0.4, 0.5) is 19.1 Å². The van der Waals surface area contributed by atoms with Crippen molar-refractivity contribution in [1.82, 2.24) is 24.8 Å². The predicted molar refractivity (Wildman–Crippen MR) is 170 cm³/mol. The zero-order chi connectivity index (χ0) is 32.4. The Morgan fingerprint density at radius 3 is 2.25 bits per heavy atom. The third kappa shape index (κ3) is 7.63. The molecule has 2 aromatic carbocycles. The summed E-state index contributed by atoms with van der Waals surface area (Å²) in [5.41, 5.74) is -0.559. The van der Waals surface area contributed by atoms with Crippen LogP contribution in [-0.2, 0) is 0 Å². The van der Waals surface area contributed by atoms with E-state index in [0.717, 1.165) is 54.9 Å². The predicted octanol–water partition coefficient (Wildman–Crippen LogP) is 6.48. The summed E-state index contributed by atoms with van der Waals surface area (Å²) in [6.07, 6.45) is 1.46. The molecule has 0 atom stereocenters. The Morgan fingerprint density at radius 1 is 0.932 bits per heavy atom. The average molecular weight is 611 g/mol. The Kier molecular flexibility index (Phi) is 12.5. The molecule has 2 heterocycles. The first kappa shape index (κ1) is 34.2. The normalized spacial score (nSPS) is 11.0. The van der Waals surface area contributed by atoms with Gasteiger partial charge in [-0.1, -0.05) is 40.7 Å². The molecule has 0 aliphatic rings. The van der Waals surface area contributed by atoms with Crippen molar-refractivity contribution < 1.29 is 18.0 Å². The summed E-state index contributed by atoms with van der Waals surface area (Å²) >= 11 is 0. The van der Waals surface area contributed by atoms with Crippen molar-refractivity contribution in [2.24, 2.45) is 0 Å². The fourth-order valence-corrected chi connectivity index (χ4v) is 4.76. The molecule has 0 fully saturated rings. The minimum absolute atomic E-state index is 0.0663. The number of halogens is 3. The number of benzene rings is 2. The number of pyridine rings is 1. The molecule has 0 saturated carbocycles. The maximum Gasteiger partial charge on any atom is 0.256 e. The van der Waals surface area contributed by atoms with Crippen LogP contribution in [0.15, 0.2) is 47.3 Å². The number of nitrogens with zero attached hydrogens (tertiary/aromatic N) is 4. The number of carbonyl (C=O) groups excluding carboxylic acids is 1. The van der Waals surface area contributed by atoms with Crippen LogP contribution in [0.3, 0.4) is 0 Å². The van der Waals surface area contributed by atoms with Crippen molar-refractivity contribution in [3.05, 3.63) is 81.4 Å². The molecule has 0 aliphatic heterocycles. The lowest BCUT2D eigenvalue weighted by atomic mass is 9.98. The highest BCUT2D eigenvalue weighted by Crippen LogP contribution is 2.32. The molecule has 0 aliphatic carbocycles. The smallest absolute Gasteiger partial charge is 0.256 e. The lowest BCUT2D eigenvalue weighted by molar-refractivity contribution is 0.0953. The van der Waals surface area contributed by atoms with Crippen LogP contribution in [0.25, 0.3) is 28.0 Å². The molecule has 1 amide bonds. The summed E-state index contributed by atoms with van der Waals surface area (Å²) in [4.78, 5) is 37.3. The van der Waals surface area contributed by atoms with E-state index in [1.807, 2.05) is 20.8 Å². The minimum Gasteiger partial charge on any atom is -0.354 e. The number of carbonyl (C=O) groups is 1. The van der Waals surface area contributed by atoms with Gasteiger partial charge in [-0.25, -0.2) is 18.2 Å². The van der Waals surface area contributed by atoms with Gasteiger partial charge in [-0.15, -0.1) is 0 Å². The second-order valence-electron chi connectivity index (χ2n) is 9.90. The minimum atomic E-state index is -0.949. The molecule has 11 heteroatoms. The number of nitrogens with one attached hydrogen (secondary N) is 2. The van der Waals surface area contributed by atoms with Gasteiger partial charge in [0.1, 0.15) is 23.1 Å². The summed E-state index contributed by atoms with van der Waals surface area (Å²) in [6.45, 7) is 15.1. The van der Waals surface area contributed by atoms with E-state index in [1.54, 1.807) is 6.92 Å². The molecule has 8 nitrogen and oxygen atoms in total. The Labute approximate surface area is 256 Å². The molecule has 44 heavy (non-hydrogen) atoms. The van der Waals surface area contributed by atoms with E-state index >= 15 is 4.39 Å². The summed E-state index contributed by atoms with van der Waals surface area (Å²) < 4.78 is 46.0. The van der Waals surface area contributed by atoms with Gasteiger partial charge in [0.25, 0.3) is 11.5 Å². The largest absolute Gasteiger partial charge is 0.354 e. The number of hydrogen-bond donors (Lipinski definition) is 2. The van der Waals surface area contributed by atoms with Gasteiger partial charge in [0.2, 0.25) is 5.95 Å². The summed E-state index contributed by atoms with van der Waals surface area (Å²) in [5, 5.41) is 6.14.